The van der Waals surface area contributed by atoms with Gasteiger partial charge in [-0.2, -0.15) is 0 Å². The predicted molar refractivity (Wildman–Crippen MR) is 100 cm³/mol. The predicted octanol–water partition coefficient (Wildman–Crippen LogP) is 3.40. The first-order chi connectivity index (χ1) is 13.3. The van der Waals surface area contributed by atoms with Gasteiger partial charge in [0.15, 0.2) is 0 Å². The summed E-state index contributed by atoms with van der Waals surface area (Å²) in [6.07, 6.45) is 0.124. The number of hydrogen-bond donors (Lipinski definition) is 1. The van der Waals surface area contributed by atoms with Crippen molar-refractivity contribution in [3.63, 3.8) is 0 Å². The Hall–Kier alpha value is -2.67. The van der Waals surface area contributed by atoms with Crippen molar-refractivity contribution in [2.75, 3.05) is 13.1 Å². The quantitative estimate of drug-likeness (QED) is 0.824. The van der Waals surface area contributed by atoms with Gasteiger partial charge in [-0.1, -0.05) is 11.6 Å². The fraction of sp³-hybridized carbons (Fsp3) is 0.300. The van der Waals surface area contributed by atoms with Crippen molar-refractivity contribution in [1.82, 2.24) is 4.90 Å². The summed E-state index contributed by atoms with van der Waals surface area (Å²) in [5, 5.41) is 0.572. The molecule has 2 N–H and O–H groups in total. The molecule has 0 aromatic heterocycles. The Kier molecular flexibility index (Phi) is 6.14. The second-order valence-electron chi connectivity index (χ2n) is 6.70. The molecule has 0 spiro atoms. The first-order valence-corrected chi connectivity index (χ1v) is 9.16. The fourth-order valence-corrected chi connectivity index (χ4v) is 3.45. The van der Waals surface area contributed by atoms with Crippen LogP contribution >= 0.6 is 11.6 Å². The van der Waals surface area contributed by atoms with Crippen LogP contribution < -0.4 is 10.5 Å². The van der Waals surface area contributed by atoms with Crippen LogP contribution in [0.25, 0.3) is 0 Å². The Morgan fingerprint density at radius 3 is 2.54 bits per heavy atom. The van der Waals surface area contributed by atoms with Crippen LogP contribution in [0, 0.1) is 17.6 Å². The molecule has 2 aromatic carbocycles. The van der Waals surface area contributed by atoms with Crippen molar-refractivity contribution in [3.8, 4) is 5.75 Å². The molecule has 2 amide bonds. The van der Waals surface area contributed by atoms with E-state index in [9.17, 15) is 18.4 Å². The number of hydrogen-bond acceptors (Lipinski definition) is 3. The average Bonchev–Trinajstić information content (AvgIpc) is 2.64. The number of primary amides is 1. The lowest BCUT2D eigenvalue weighted by Crippen LogP contribution is -2.49. The molecule has 0 unspecified atom stereocenters. The van der Waals surface area contributed by atoms with Crippen molar-refractivity contribution >= 4 is 23.4 Å². The van der Waals surface area contributed by atoms with Gasteiger partial charge in [0.2, 0.25) is 5.91 Å². The summed E-state index contributed by atoms with van der Waals surface area (Å²) in [6, 6.07) is 9.64. The molecule has 2 atom stereocenters. The van der Waals surface area contributed by atoms with E-state index in [4.69, 9.17) is 22.1 Å². The van der Waals surface area contributed by atoms with Crippen LogP contribution in [0.4, 0.5) is 8.78 Å². The lowest BCUT2D eigenvalue weighted by atomic mass is 9.90. The van der Waals surface area contributed by atoms with Crippen molar-refractivity contribution in [3.05, 3.63) is 64.7 Å². The molecule has 0 radical (unpaired) electrons. The first kappa shape index (κ1) is 20.1. The van der Waals surface area contributed by atoms with E-state index in [-0.39, 0.29) is 30.6 Å². The van der Waals surface area contributed by atoms with Gasteiger partial charge >= 0.3 is 0 Å². The van der Waals surface area contributed by atoms with Crippen molar-refractivity contribution in [1.29, 1.82) is 0 Å². The molecule has 5 nitrogen and oxygen atoms in total. The summed E-state index contributed by atoms with van der Waals surface area (Å²) in [7, 11) is 0. The first-order valence-electron chi connectivity index (χ1n) is 8.78. The zero-order valence-corrected chi connectivity index (χ0v) is 15.7. The second-order valence-corrected chi connectivity index (χ2v) is 7.14. The van der Waals surface area contributed by atoms with E-state index < -0.39 is 23.4 Å². The lowest BCUT2D eigenvalue weighted by molar-refractivity contribution is -0.120. The van der Waals surface area contributed by atoms with Gasteiger partial charge in [-0.25, -0.2) is 8.78 Å². The van der Waals surface area contributed by atoms with Crippen LogP contribution in [0.5, 0.6) is 5.75 Å². The number of amides is 2. The van der Waals surface area contributed by atoms with Gasteiger partial charge in [0, 0.05) is 42.9 Å². The number of rotatable bonds is 5. The Balaban J connectivity index is 1.74. The summed E-state index contributed by atoms with van der Waals surface area (Å²) < 4.78 is 33.0. The number of halogens is 3. The number of piperidine rings is 1. The standard InChI is InChI=1S/C20H19ClF2N2O3/c21-13-1-4-15(5-2-13)28-18-7-8-25(11-12(18)9-19(24)26)20(27)16-6-3-14(22)10-17(16)23/h1-6,10,12,18H,7-9,11H2,(H2,24,26)/t12-,18-/m0/s1. The molecule has 1 aliphatic rings. The van der Waals surface area contributed by atoms with E-state index in [0.29, 0.717) is 29.8 Å². The SMILES string of the molecule is NC(=O)C[C@H]1CN(C(=O)c2ccc(F)cc2F)CC[C@@H]1Oc1ccc(Cl)cc1. The minimum absolute atomic E-state index is 0.0218. The Morgan fingerprint density at radius 1 is 1.18 bits per heavy atom. The van der Waals surface area contributed by atoms with Crippen LogP contribution in [-0.2, 0) is 4.79 Å². The highest BCUT2D eigenvalue weighted by Crippen LogP contribution is 2.27. The molecule has 2 aromatic rings. The molecule has 8 heteroatoms. The molecule has 28 heavy (non-hydrogen) atoms. The van der Waals surface area contributed by atoms with Gasteiger partial charge in [-0.3, -0.25) is 9.59 Å². The summed E-state index contributed by atoms with van der Waals surface area (Å²) in [4.78, 5) is 25.6. The zero-order chi connectivity index (χ0) is 20.3. The maximum absolute atomic E-state index is 14.0. The van der Waals surface area contributed by atoms with Crippen LogP contribution in [0.3, 0.4) is 0 Å². The largest absolute Gasteiger partial charge is 0.490 e. The van der Waals surface area contributed by atoms with E-state index in [1.165, 1.54) is 4.90 Å². The summed E-state index contributed by atoms with van der Waals surface area (Å²) in [5.41, 5.74) is 5.14. The third kappa shape index (κ3) is 4.78. The Morgan fingerprint density at radius 2 is 1.89 bits per heavy atom. The van der Waals surface area contributed by atoms with Gasteiger partial charge in [0.25, 0.3) is 5.91 Å². The maximum Gasteiger partial charge on any atom is 0.256 e. The topological polar surface area (TPSA) is 72.6 Å². The summed E-state index contributed by atoms with van der Waals surface area (Å²) in [6.45, 7) is 0.486. The highest BCUT2D eigenvalue weighted by atomic mass is 35.5. The van der Waals surface area contributed by atoms with Crippen LogP contribution in [0.1, 0.15) is 23.2 Å². The molecule has 3 rings (SSSR count). The van der Waals surface area contributed by atoms with Crippen LogP contribution in [0.2, 0.25) is 5.02 Å². The smallest absolute Gasteiger partial charge is 0.256 e. The third-order valence-corrected chi connectivity index (χ3v) is 4.93. The number of ether oxygens (including phenoxy) is 1. The fourth-order valence-electron chi connectivity index (χ4n) is 3.33. The minimum Gasteiger partial charge on any atom is -0.490 e. The highest BCUT2D eigenvalue weighted by Gasteiger charge is 2.35. The molecule has 0 saturated carbocycles. The normalized spacial score (nSPS) is 19.3. The average molecular weight is 409 g/mol. The highest BCUT2D eigenvalue weighted by molar-refractivity contribution is 6.30. The molecule has 0 bridgehead atoms. The van der Waals surface area contributed by atoms with Gasteiger partial charge < -0.3 is 15.4 Å². The maximum atomic E-state index is 14.0. The zero-order valence-electron chi connectivity index (χ0n) is 14.9. The molecule has 1 heterocycles. The van der Waals surface area contributed by atoms with Gasteiger partial charge in [0.1, 0.15) is 23.5 Å². The van der Waals surface area contributed by atoms with E-state index >= 15 is 0 Å². The Labute approximate surface area is 166 Å². The van der Waals surface area contributed by atoms with E-state index in [1.54, 1.807) is 24.3 Å². The van der Waals surface area contributed by atoms with E-state index in [1.807, 2.05) is 0 Å². The number of carbonyl (C=O) groups excluding carboxylic acids is 2. The lowest BCUT2D eigenvalue weighted by Gasteiger charge is -2.38. The Bertz CT molecular complexity index is 876. The van der Waals surface area contributed by atoms with Gasteiger partial charge in [-0.15, -0.1) is 0 Å². The molecule has 0 aliphatic carbocycles. The molecule has 1 saturated heterocycles. The van der Waals surface area contributed by atoms with Crippen molar-refractivity contribution in [2.45, 2.75) is 18.9 Å². The van der Waals surface area contributed by atoms with E-state index in [0.717, 1.165) is 12.1 Å². The summed E-state index contributed by atoms with van der Waals surface area (Å²) >= 11 is 5.87. The number of nitrogens with two attached hydrogens (primary N) is 1. The minimum atomic E-state index is -0.920. The number of benzene rings is 2. The summed E-state index contributed by atoms with van der Waals surface area (Å²) in [5.74, 6) is -2.51. The second kappa shape index (κ2) is 8.56. The molecule has 148 valence electrons. The van der Waals surface area contributed by atoms with E-state index in [2.05, 4.69) is 0 Å². The molecular formula is C20H19ClF2N2O3. The third-order valence-electron chi connectivity index (χ3n) is 4.68. The van der Waals surface area contributed by atoms with Crippen LogP contribution in [-0.4, -0.2) is 35.9 Å². The molecular weight excluding hydrogens is 390 g/mol. The van der Waals surface area contributed by atoms with Crippen molar-refractivity contribution < 1.29 is 23.1 Å². The molecule has 1 aliphatic heterocycles. The number of nitrogens with zero attached hydrogens (tertiary/aromatic N) is 1. The van der Waals surface area contributed by atoms with Gasteiger partial charge in [0.05, 0.1) is 5.56 Å². The van der Waals surface area contributed by atoms with Gasteiger partial charge in [-0.05, 0) is 36.4 Å². The number of carbonyl (C=O) groups is 2. The monoisotopic (exact) mass is 408 g/mol. The molecule has 1 fully saturated rings. The van der Waals surface area contributed by atoms with Crippen LogP contribution in [0.15, 0.2) is 42.5 Å². The van der Waals surface area contributed by atoms with Crippen molar-refractivity contribution in [2.24, 2.45) is 11.7 Å². The number of likely N-dealkylation sites (tertiary alicyclic amines) is 1.